The van der Waals surface area contributed by atoms with Crippen molar-refractivity contribution in [3.8, 4) is 22.3 Å². The second-order valence-electron chi connectivity index (χ2n) is 8.34. The molecule has 0 N–H and O–H groups in total. The Morgan fingerprint density at radius 1 is 0.833 bits per heavy atom. The van der Waals surface area contributed by atoms with Gasteiger partial charge in [0.15, 0.2) is 9.84 Å². The molecule has 180 valence electrons. The van der Waals surface area contributed by atoms with Crippen molar-refractivity contribution in [1.82, 2.24) is 14.8 Å². The largest absolute Gasteiger partial charge is 0.275 e. The van der Waals surface area contributed by atoms with Crippen LogP contribution in [0.4, 0.5) is 8.78 Å². The third-order valence-electron chi connectivity index (χ3n) is 5.79. The van der Waals surface area contributed by atoms with E-state index < -0.39 is 21.2 Å². The Morgan fingerprint density at radius 2 is 1.50 bits per heavy atom. The summed E-state index contributed by atoms with van der Waals surface area (Å²) < 4.78 is 52.1. The quantitative estimate of drug-likeness (QED) is 0.342. The number of hydrogen-bond donors (Lipinski definition) is 0. The van der Waals surface area contributed by atoms with Gasteiger partial charge in [0.25, 0.3) is 5.56 Å². The minimum absolute atomic E-state index is 0.0631. The number of sulfone groups is 1. The number of aromatic nitrogens is 3. The molecule has 5 aromatic rings. The van der Waals surface area contributed by atoms with Crippen LogP contribution in [0.2, 0.25) is 0 Å². The van der Waals surface area contributed by atoms with Crippen molar-refractivity contribution >= 4 is 20.7 Å². The highest BCUT2D eigenvalue weighted by Gasteiger charge is 2.17. The number of benzene rings is 3. The Morgan fingerprint density at radius 3 is 2.19 bits per heavy atom. The number of hydrogen-bond acceptors (Lipinski definition) is 5. The smallest absolute Gasteiger partial charge is 0.267 e. The molecule has 0 saturated heterocycles. The van der Waals surface area contributed by atoms with Gasteiger partial charge in [-0.25, -0.2) is 21.9 Å². The lowest BCUT2D eigenvalue weighted by Gasteiger charge is -2.13. The van der Waals surface area contributed by atoms with Gasteiger partial charge in [0.2, 0.25) is 0 Å². The van der Waals surface area contributed by atoms with E-state index in [1.165, 1.54) is 59.4 Å². The third kappa shape index (κ3) is 4.65. The molecule has 0 aliphatic carbocycles. The zero-order valence-corrected chi connectivity index (χ0v) is 19.8. The fourth-order valence-corrected chi connectivity index (χ4v) is 4.61. The molecule has 9 heteroatoms. The van der Waals surface area contributed by atoms with Gasteiger partial charge >= 0.3 is 0 Å². The van der Waals surface area contributed by atoms with E-state index in [0.717, 1.165) is 6.26 Å². The molecule has 0 radical (unpaired) electrons. The summed E-state index contributed by atoms with van der Waals surface area (Å²) >= 11 is 0. The van der Waals surface area contributed by atoms with Crippen LogP contribution in [0.3, 0.4) is 0 Å². The van der Waals surface area contributed by atoms with E-state index in [1.807, 2.05) is 0 Å². The molecule has 3 aromatic carbocycles. The average Bonchev–Trinajstić information content (AvgIpc) is 2.85. The summed E-state index contributed by atoms with van der Waals surface area (Å²) in [4.78, 5) is 18.3. The minimum atomic E-state index is -3.39. The summed E-state index contributed by atoms with van der Waals surface area (Å²) in [5.41, 5.74) is 2.56. The molecule has 36 heavy (non-hydrogen) atoms. The molecule has 5 rings (SSSR count). The van der Waals surface area contributed by atoms with Gasteiger partial charge in [0.1, 0.15) is 11.6 Å². The number of nitrogens with zero attached hydrogens (tertiary/aromatic N) is 3. The summed E-state index contributed by atoms with van der Waals surface area (Å²) in [6.07, 6.45) is 2.64. The first-order valence-electron chi connectivity index (χ1n) is 10.9. The maximum absolute atomic E-state index is 13.6. The standard InChI is InChI=1S/C27H19F2N3O3S/c1-36(34,35)23-11-5-17(6-12-23)24-15-30-32(27(33)26(24)18-2-7-20(28)8-3-18)16-22-10-4-19-14-21(29)9-13-25(19)31-22/h2-15H,16H2,1H3. The minimum Gasteiger partial charge on any atom is -0.267 e. The zero-order valence-electron chi connectivity index (χ0n) is 19.0. The maximum atomic E-state index is 13.6. The molecule has 0 spiro atoms. The number of rotatable bonds is 5. The summed E-state index contributed by atoms with van der Waals surface area (Å²) in [6.45, 7) is 0.0631. The highest BCUT2D eigenvalue weighted by Crippen LogP contribution is 2.30. The van der Waals surface area contributed by atoms with Crippen molar-refractivity contribution < 1.29 is 17.2 Å². The molecule has 0 unspecified atom stereocenters. The van der Waals surface area contributed by atoms with Crippen LogP contribution in [0.1, 0.15) is 5.69 Å². The van der Waals surface area contributed by atoms with Crippen molar-refractivity contribution in [2.24, 2.45) is 0 Å². The highest BCUT2D eigenvalue weighted by atomic mass is 32.2. The van der Waals surface area contributed by atoms with Gasteiger partial charge in [-0.15, -0.1) is 0 Å². The molecule has 0 saturated carbocycles. The van der Waals surface area contributed by atoms with Gasteiger partial charge in [-0.3, -0.25) is 9.78 Å². The lowest BCUT2D eigenvalue weighted by molar-refractivity contribution is 0.602. The van der Waals surface area contributed by atoms with Crippen LogP contribution in [0.15, 0.2) is 94.7 Å². The SMILES string of the molecule is CS(=O)(=O)c1ccc(-c2cnn(Cc3ccc4cc(F)ccc4n3)c(=O)c2-c2ccc(F)cc2)cc1. The van der Waals surface area contributed by atoms with E-state index in [9.17, 15) is 22.0 Å². The molecular formula is C27H19F2N3O3S. The third-order valence-corrected chi connectivity index (χ3v) is 6.92. The van der Waals surface area contributed by atoms with Crippen LogP contribution >= 0.6 is 0 Å². The second-order valence-corrected chi connectivity index (χ2v) is 10.4. The van der Waals surface area contributed by atoms with Crippen molar-refractivity contribution in [2.45, 2.75) is 11.4 Å². The van der Waals surface area contributed by atoms with Crippen LogP contribution in [0, 0.1) is 11.6 Å². The lowest BCUT2D eigenvalue weighted by Crippen LogP contribution is -2.26. The van der Waals surface area contributed by atoms with Gasteiger partial charge in [-0.2, -0.15) is 5.10 Å². The molecule has 0 bridgehead atoms. The van der Waals surface area contributed by atoms with Crippen LogP contribution < -0.4 is 5.56 Å². The Kier molecular flexibility index (Phi) is 5.93. The molecule has 0 fully saturated rings. The highest BCUT2D eigenvalue weighted by molar-refractivity contribution is 7.90. The lowest BCUT2D eigenvalue weighted by atomic mass is 9.97. The second kappa shape index (κ2) is 9.09. The molecule has 6 nitrogen and oxygen atoms in total. The van der Waals surface area contributed by atoms with Crippen LogP contribution in [0.25, 0.3) is 33.2 Å². The average molecular weight is 504 g/mol. The van der Waals surface area contributed by atoms with E-state index in [4.69, 9.17) is 0 Å². The molecule has 0 aliphatic heterocycles. The Labute approximate surface area is 205 Å². The first kappa shape index (κ1) is 23.5. The topological polar surface area (TPSA) is 81.9 Å². The first-order valence-corrected chi connectivity index (χ1v) is 12.8. The van der Waals surface area contributed by atoms with Gasteiger partial charge < -0.3 is 0 Å². The van der Waals surface area contributed by atoms with Crippen molar-refractivity contribution in [1.29, 1.82) is 0 Å². The van der Waals surface area contributed by atoms with Crippen LogP contribution in [0.5, 0.6) is 0 Å². The molecule has 2 heterocycles. The maximum Gasteiger partial charge on any atom is 0.275 e. The Hall–Kier alpha value is -4.24. The summed E-state index contributed by atoms with van der Waals surface area (Å²) in [6, 6.07) is 19.4. The van der Waals surface area contributed by atoms with E-state index in [2.05, 4.69) is 10.1 Å². The molecule has 0 amide bonds. The van der Waals surface area contributed by atoms with Crippen molar-refractivity contribution in [3.05, 3.63) is 113 Å². The molecule has 0 atom stereocenters. The van der Waals surface area contributed by atoms with Crippen LogP contribution in [-0.4, -0.2) is 29.4 Å². The number of halogens is 2. The molecule has 0 aliphatic rings. The zero-order chi connectivity index (χ0) is 25.4. The van der Waals surface area contributed by atoms with Gasteiger partial charge in [0.05, 0.1) is 34.4 Å². The Bertz CT molecular complexity index is 1770. The van der Waals surface area contributed by atoms with Gasteiger partial charge in [0, 0.05) is 17.2 Å². The predicted octanol–water partition coefficient (Wildman–Crippen LogP) is 4.86. The van der Waals surface area contributed by atoms with E-state index in [1.54, 1.807) is 30.3 Å². The Balaban J connectivity index is 1.62. The monoisotopic (exact) mass is 503 g/mol. The van der Waals surface area contributed by atoms with Crippen molar-refractivity contribution in [3.63, 3.8) is 0 Å². The normalized spacial score (nSPS) is 11.6. The number of pyridine rings is 1. The van der Waals surface area contributed by atoms with E-state index in [0.29, 0.717) is 38.9 Å². The van der Waals surface area contributed by atoms with E-state index in [-0.39, 0.29) is 17.3 Å². The van der Waals surface area contributed by atoms with Gasteiger partial charge in [-0.1, -0.05) is 30.3 Å². The van der Waals surface area contributed by atoms with E-state index >= 15 is 0 Å². The van der Waals surface area contributed by atoms with Crippen LogP contribution in [-0.2, 0) is 16.4 Å². The first-order chi connectivity index (χ1) is 17.2. The summed E-state index contributed by atoms with van der Waals surface area (Å²) in [7, 11) is -3.39. The molecular weight excluding hydrogens is 484 g/mol. The van der Waals surface area contributed by atoms with Gasteiger partial charge in [-0.05, 0) is 59.7 Å². The fraction of sp³-hybridized carbons (Fsp3) is 0.0741. The summed E-state index contributed by atoms with van der Waals surface area (Å²) in [5, 5.41) is 4.97. The fourth-order valence-electron chi connectivity index (χ4n) is 3.98. The predicted molar refractivity (Wildman–Crippen MR) is 133 cm³/mol. The summed E-state index contributed by atoms with van der Waals surface area (Å²) in [5.74, 6) is -0.803. The number of fused-ring (bicyclic) bond motifs is 1. The molecule has 2 aromatic heterocycles. The van der Waals surface area contributed by atoms with Crippen molar-refractivity contribution in [2.75, 3.05) is 6.26 Å².